The predicted octanol–water partition coefficient (Wildman–Crippen LogP) is 3.78. The standard InChI is InChI=1S/C27H34N2O6/c1-7-14-35-20-10-9-19(15-17(20)2)25(30)23-24(18-8-11-21(33-5)22(16-18)34-6)29(13-12-28(3)4)27(32)26(23)31/h8-11,15-16,24,30H,7,12-14H2,1-6H3/t24-/m0/s1. The van der Waals surface area contributed by atoms with Gasteiger partial charge in [-0.2, -0.15) is 0 Å². The Morgan fingerprint density at radius 1 is 1.03 bits per heavy atom. The zero-order valence-electron chi connectivity index (χ0n) is 21.3. The zero-order chi connectivity index (χ0) is 25.7. The van der Waals surface area contributed by atoms with Crippen molar-refractivity contribution in [3.8, 4) is 17.2 Å². The first-order valence-electron chi connectivity index (χ1n) is 11.6. The lowest BCUT2D eigenvalue weighted by molar-refractivity contribution is -0.140. The molecule has 35 heavy (non-hydrogen) atoms. The highest BCUT2D eigenvalue weighted by Crippen LogP contribution is 2.42. The van der Waals surface area contributed by atoms with E-state index < -0.39 is 17.7 Å². The molecule has 1 aliphatic rings. The van der Waals surface area contributed by atoms with E-state index >= 15 is 0 Å². The minimum Gasteiger partial charge on any atom is -0.507 e. The molecule has 0 unspecified atom stereocenters. The molecule has 2 aromatic carbocycles. The van der Waals surface area contributed by atoms with Gasteiger partial charge >= 0.3 is 0 Å². The fourth-order valence-electron chi connectivity index (χ4n) is 4.11. The van der Waals surface area contributed by atoms with Crippen molar-refractivity contribution in [3.63, 3.8) is 0 Å². The number of ether oxygens (including phenoxy) is 3. The summed E-state index contributed by atoms with van der Waals surface area (Å²) in [6, 6.07) is 9.70. The Kier molecular flexibility index (Phi) is 8.40. The number of aryl methyl sites for hydroxylation is 1. The summed E-state index contributed by atoms with van der Waals surface area (Å²) in [5.41, 5.74) is 1.96. The minimum absolute atomic E-state index is 0.0441. The number of aliphatic hydroxyl groups excluding tert-OH is 1. The summed E-state index contributed by atoms with van der Waals surface area (Å²) in [5, 5.41) is 11.3. The number of likely N-dealkylation sites (N-methyl/N-ethyl adjacent to an activating group) is 1. The number of nitrogens with zero attached hydrogens (tertiary/aromatic N) is 2. The third-order valence-electron chi connectivity index (χ3n) is 5.96. The molecule has 1 heterocycles. The highest BCUT2D eigenvalue weighted by atomic mass is 16.5. The molecule has 8 heteroatoms. The van der Waals surface area contributed by atoms with Gasteiger partial charge in [-0.1, -0.05) is 13.0 Å². The Morgan fingerprint density at radius 2 is 1.71 bits per heavy atom. The van der Waals surface area contributed by atoms with Gasteiger partial charge in [0.1, 0.15) is 11.5 Å². The van der Waals surface area contributed by atoms with Crippen molar-refractivity contribution in [2.45, 2.75) is 26.3 Å². The summed E-state index contributed by atoms with van der Waals surface area (Å²) in [7, 11) is 6.85. The van der Waals surface area contributed by atoms with Gasteiger partial charge in [-0.3, -0.25) is 9.59 Å². The van der Waals surface area contributed by atoms with E-state index in [0.717, 1.165) is 12.0 Å². The second-order valence-corrected chi connectivity index (χ2v) is 8.74. The molecule has 3 rings (SSSR count). The first-order chi connectivity index (χ1) is 16.7. The van der Waals surface area contributed by atoms with Crippen LogP contribution >= 0.6 is 0 Å². The van der Waals surface area contributed by atoms with Gasteiger partial charge in [-0.05, 0) is 68.9 Å². The zero-order valence-corrected chi connectivity index (χ0v) is 21.3. The average molecular weight is 483 g/mol. The molecule has 0 aliphatic carbocycles. The van der Waals surface area contributed by atoms with Crippen LogP contribution < -0.4 is 14.2 Å². The molecule has 1 fully saturated rings. The number of aliphatic hydroxyl groups is 1. The van der Waals surface area contributed by atoms with Crippen LogP contribution in [-0.2, 0) is 9.59 Å². The van der Waals surface area contributed by atoms with Gasteiger partial charge in [0.25, 0.3) is 11.7 Å². The van der Waals surface area contributed by atoms with E-state index in [9.17, 15) is 14.7 Å². The number of likely N-dealkylation sites (tertiary alicyclic amines) is 1. The summed E-state index contributed by atoms with van der Waals surface area (Å²) in [4.78, 5) is 29.8. The van der Waals surface area contributed by atoms with Gasteiger partial charge in [-0.15, -0.1) is 0 Å². The number of methoxy groups -OCH3 is 2. The number of ketones is 1. The average Bonchev–Trinajstić information content (AvgIpc) is 3.10. The Bertz CT molecular complexity index is 1120. The fourth-order valence-corrected chi connectivity index (χ4v) is 4.11. The van der Waals surface area contributed by atoms with Crippen molar-refractivity contribution in [3.05, 3.63) is 58.7 Å². The van der Waals surface area contributed by atoms with Crippen LogP contribution in [0.15, 0.2) is 42.0 Å². The van der Waals surface area contributed by atoms with Gasteiger partial charge in [0.05, 0.1) is 32.4 Å². The first kappa shape index (κ1) is 26.1. The topological polar surface area (TPSA) is 88.5 Å². The number of hydrogen-bond donors (Lipinski definition) is 1. The van der Waals surface area contributed by atoms with E-state index in [1.807, 2.05) is 32.8 Å². The van der Waals surface area contributed by atoms with Gasteiger partial charge in [0.2, 0.25) is 0 Å². The smallest absolute Gasteiger partial charge is 0.295 e. The highest BCUT2D eigenvalue weighted by Gasteiger charge is 2.46. The second-order valence-electron chi connectivity index (χ2n) is 8.74. The van der Waals surface area contributed by atoms with E-state index in [0.29, 0.717) is 48.1 Å². The third-order valence-corrected chi connectivity index (χ3v) is 5.96. The van der Waals surface area contributed by atoms with Crippen LogP contribution in [0.4, 0.5) is 0 Å². The summed E-state index contributed by atoms with van der Waals surface area (Å²) >= 11 is 0. The van der Waals surface area contributed by atoms with Crippen molar-refractivity contribution in [1.29, 1.82) is 0 Å². The van der Waals surface area contributed by atoms with Crippen LogP contribution in [0.3, 0.4) is 0 Å². The molecule has 1 atom stereocenters. The van der Waals surface area contributed by atoms with Crippen molar-refractivity contribution in [1.82, 2.24) is 9.80 Å². The van der Waals surface area contributed by atoms with Gasteiger partial charge < -0.3 is 29.1 Å². The Balaban J connectivity index is 2.14. The first-order valence-corrected chi connectivity index (χ1v) is 11.6. The second kappa shape index (κ2) is 11.3. The minimum atomic E-state index is -0.772. The Hall–Kier alpha value is -3.52. The molecule has 1 N–H and O–H groups in total. The molecular formula is C27H34N2O6. The SMILES string of the molecule is CCCOc1ccc(C(O)=C2C(=O)C(=O)N(CCN(C)C)[C@H]2c2ccc(OC)c(OC)c2)cc1C. The third kappa shape index (κ3) is 5.43. The maximum atomic E-state index is 13.2. The number of rotatable bonds is 10. The Morgan fingerprint density at radius 3 is 2.31 bits per heavy atom. The number of amides is 1. The fraction of sp³-hybridized carbons (Fsp3) is 0.407. The molecule has 2 aromatic rings. The van der Waals surface area contributed by atoms with E-state index in [-0.39, 0.29) is 11.3 Å². The van der Waals surface area contributed by atoms with Gasteiger partial charge in [-0.25, -0.2) is 0 Å². The summed E-state index contributed by atoms with van der Waals surface area (Å²) in [6.45, 7) is 5.36. The van der Waals surface area contributed by atoms with Crippen LogP contribution in [0, 0.1) is 6.92 Å². The van der Waals surface area contributed by atoms with Gasteiger partial charge in [0, 0.05) is 18.7 Å². The van der Waals surface area contributed by atoms with Crippen molar-refractivity contribution in [2.75, 3.05) is 48.0 Å². The molecule has 1 amide bonds. The van der Waals surface area contributed by atoms with E-state index in [1.165, 1.54) is 19.1 Å². The summed E-state index contributed by atoms with van der Waals surface area (Å²) in [5.74, 6) is 0.126. The number of carbonyl (C=O) groups excluding carboxylic acids is 2. The normalized spacial score (nSPS) is 17.2. The molecule has 0 aromatic heterocycles. The van der Waals surface area contributed by atoms with E-state index in [4.69, 9.17) is 14.2 Å². The largest absolute Gasteiger partial charge is 0.507 e. The number of hydrogen-bond acceptors (Lipinski definition) is 7. The predicted molar refractivity (Wildman–Crippen MR) is 134 cm³/mol. The number of benzene rings is 2. The van der Waals surface area contributed by atoms with Crippen molar-refractivity contribution < 1.29 is 28.9 Å². The molecule has 0 spiro atoms. The monoisotopic (exact) mass is 482 g/mol. The lowest BCUT2D eigenvalue weighted by Crippen LogP contribution is -2.35. The van der Waals surface area contributed by atoms with Crippen LogP contribution in [0.1, 0.15) is 36.1 Å². The molecular weight excluding hydrogens is 448 g/mol. The highest BCUT2D eigenvalue weighted by molar-refractivity contribution is 6.46. The lowest BCUT2D eigenvalue weighted by Gasteiger charge is -2.27. The molecule has 1 aliphatic heterocycles. The molecule has 188 valence electrons. The summed E-state index contributed by atoms with van der Waals surface area (Å²) in [6.07, 6.45) is 0.878. The van der Waals surface area contributed by atoms with Crippen molar-refractivity contribution in [2.24, 2.45) is 0 Å². The summed E-state index contributed by atoms with van der Waals surface area (Å²) < 4.78 is 16.5. The molecule has 0 radical (unpaired) electrons. The van der Waals surface area contributed by atoms with E-state index in [1.54, 1.807) is 36.4 Å². The van der Waals surface area contributed by atoms with Crippen LogP contribution in [0.25, 0.3) is 5.76 Å². The van der Waals surface area contributed by atoms with Crippen molar-refractivity contribution >= 4 is 17.4 Å². The van der Waals surface area contributed by atoms with E-state index in [2.05, 4.69) is 0 Å². The molecule has 1 saturated heterocycles. The van der Waals surface area contributed by atoms with Crippen LogP contribution in [-0.4, -0.2) is 74.6 Å². The van der Waals surface area contributed by atoms with Crippen LogP contribution in [0.2, 0.25) is 0 Å². The number of carbonyl (C=O) groups is 2. The maximum Gasteiger partial charge on any atom is 0.295 e. The van der Waals surface area contributed by atoms with Gasteiger partial charge in [0.15, 0.2) is 11.5 Å². The maximum absolute atomic E-state index is 13.2. The molecule has 8 nitrogen and oxygen atoms in total. The Labute approximate surface area is 206 Å². The number of Topliss-reactive ketones (excluding diaryl/α,β-unsaturated/α-hetero) is 1. The molecule has 0 saturated carbocycles. The molecule has 0 bridgehead atoms. The lowest BCUT2D eigenvalue weighted by atomic mass is 9.94. The van der Waals surface area contributed by atoms with Crippen LogP contribution in [0.5, 0.6) is 17.2 Å². The quantitative estimate of drug-likeness (QED) is 0.313.